The molecule has 4 aromatic rings. The van der Waals surface area contributed by atoms with E-state index >= 15 is 0 Å². The third-order valence-electron chi connectivity index (χ3n) is 6.19. The van der Waals surface area contributed by atoms with Crippen molar-refractivity contribution in [2.24, 2.45) is 0 Å². The van der Waals surface area contributed by atoms with Crippen molar-refractivity contribution < 1.29 is 41.4 Å². The first kappa shape index (κ1) is 26.3. The number of fused-ring (bicyclic) bond motifs is 1. The number of carboxylic acids is 1. The van der Waals surface area contributed by atoms with E-state index in [0.717, 1.165) is 17.0 Å². The van der Waals surface area contributed by atoms with E-state index in [2.05, 4.69) is 5.10 Å². The predicted octanol–water partition coefficient (Wildman–Crippen LogP) is 5.85. The summed E-state index contributed by atoms with van der Waals surface area (Å²) in [7, 11) is 0. The Kier molecular flexibility index (Phi) is 6.17. The van der Waals surface area contributed by atoms with Crippen LogP contribution in [0.15, 0.2) is 60.7 Å². The lowest BCUT2D eigenvalue weighted by molar-refractivity contribution is -0.137. The molecule has 7 nitrogen and oxygen atoms in total. The van der Waals surface area contributed by atoms with E-state index in [1.54, 1.807) is 0 Å². The number of carboxylic acid groups (broad SMARTS) is 1. The van der Waals surface area contributed by atoms with Crippen LogP contribution in [-0.4, -0.2) is 56.6 Å². The number of benzene rings is 3. The van der Waals surface area contributed by atoms with Crippen molar-refractivity contribution in [2.75, 3.05) is 13.1 Å². The number of aromatic nitrogens is 2. The molecule has 2 heterocycles. The Hall–Kier alpha value is -4.32. The molecule has 1 N–H and O–H groups in total. The van der Waals surface area contributed by atoms with Gasteiger partial charge in [0.1, 0.15) is 5.69 Å². The Balaban J connectivity index is 1.69. The van der Waals surface area contributed by atoms with E-state index in [0.29, 0.717) is 16.3 Å². The van der Waals surface area contributed by atoms with E-state index in [4.69, 9.17) is 11.6 Å². The summed E-state index contributed by atoms with van der Waals surface area (Å²) < 4.78 is 68.6. The standard InChI is InChI=1S/C26H15ClF5N3O4/c27-18-3-1-2-17(26(30,31)32)20(18)23(37)35-19-10-15(22(36)34-11-25(28,29)12-34)8-9-16(19)21(33-35)13-4-6-14(7-5-13)24(38)39/h1-10H,11-12H2,(H,38,39). The van der Waals surface area contributed by atoms with Gasteiger partial charge in [0, 0.05) is 16.5 Å². The highest BCUT2D eigenvalue weighted by molar-refractivity contribution is 6.34. The Morgan fingerprint density at radius 1 is 0.923 bits per heavy atom. The molecule has 0 aliphatic carbocycles. The molecular weight excluding hydrogens is 549 g/mol. The molecule has 1 saturated heterocycles. The lowest BCUT2D eigenvalue weighted by Gasteiger charge is -2.38. The number of likely N-dealkylation sites (tertiary alicyclic amines) is 1. The van der Waals surface area contributed by atoms with Crippen molar-refractivity contribution in [1.29, 1.82) is 0 Å². The molecule has 1 amide bonds. The van der Waals surface area contributed by atoms with Gasteiger partial charge in [0.05, 0.1) is 40.3 Å². The molecule has 1 aliphatic rings. The van der Waals surface area contributed by atoms with E-state index in [-0.39, 0.29) is 27.7 Å². The maximum atomic E-state index is 13.8. The topological polar surface area (TPSA) is 92.5 Å². The first-order valence-corrected chi connectivity index (χ1v) is 11.6. The van der Waals surface area contributed by atoms with Gasteiger partial charge in [-0.25, -0.2) is 13.6 Å². The number of aromatic carboxylic acids is 1. The first-order chi connectivity index (χ1) is 18.3. The average molecular weight is 564 g/mol. The summed E-state index contributed by atoms with van der Waals surface area (Å²) in [5.41, 5.74) is -1.95. The highest BCUT2D eigenvalue weighted by Gasteiger charge is 2.46. The van der Waals surface area contributed by atoms with Crippen LogP contribution in [-0.2, 0) is 6.18 Å². The molecule has 1 aromatic heterocycles. The van der Waals surface area contributed by atoms with E-state index in [9.17, 15) is 41.4 Å². The second kappa shape index (κ2) is 9.16. The third kappa shape index (κ3) is 4.71. The summed E-state index contributed by atoms with van der Waals surface area (Å²) in [6, 6.07) is 12.1. The Labute approximate surface area is 221 Å². The van der Waals surface area contributed by atoms with Gasteiger partial charge in [-0.3, -0.25) is 9.59 Å². The number of hydrogen-bond donors (Lipinski definition) is 1. The third-order valence-corrected chi connectivity index (χ3v) is 6.51. The monoisotopic (exact) mass is 563 g/mol. The van der Waals surface area contributed by atoms with Crippen molar-refractivity contribution in [3.8, 4) is 11.3 Å². The maximum absolute atomic E-state index is 13.8. The maximum Gasteiger partial charge on any atom is 0.417 e. The predicted molar refractivity (Wildman–Crippen MR) is 129 cm³/mol. The molecule has 39 heavy (non-hydrogen) atoms. The normalized spacial score (nSPS) is 14.8. The van der Waals surface area contributed by atoms with Crippen LogP contribution in [0.4, 0.5) is 22.0 Å². The zero-order valence-electron chi connectivity index (χ0n) is 19.5. The van der Waals surface area contributed by atoms with Crippen LogP contribution < -0.4 is 0 Å². The quantitative estimate of drug-likeness (QED) is 0.314. The molecule has 0 spiro atoms. The van der Waals surface area contributed by atoms with E-state index in [1.807, 2.05) is 0 Å². The van der Waals surface area contributed by atoms with Gasteiger partial charge < -0.3 is 10.0 Å². The highest BCUT2D eigenvalue weighted by Crippen LogP contribution is 2.37. The summed E-state index contributed by atoms with van der Waals surface area (Å²) in [6.07, 6.45) is -4.93. The van der Waals surface area contributed by atoms with Gasteiger partial charge in [-0.15, -0.1) is 0 Å². The number of halogens is 6. The Morgan fingerprint density at radius 3 is 2.15 bits per heavy atom. The molecular formula is C26H15ClF5N3O4. The molecule has 1 fully saturated rings. The van der Waals surface area contributed by atoms with E-state index in [1.165, 1.54) is 42.5 Å². The molecule has 0 bridgehead atoms. The molecule has 0 radical (unpaired) electrons. The fraction of sp³-hybridized carbons (Fsp3) is 0.154. The van der Waals surface area contributed by atoms with Crippen LogP contribution >= 0.6 is 11.6 Å². The summed E-state index contributed by atoms with van der Waals surface area (Å²) in [5, 5.41) is 13.1. The van der Waals surface area contributed by atoms with E-state index < -0.39 is 59.1 Å². The number of alkyl halides is 5. The molecule has 0 atom stereocenters. The van der Waals surface area contributed by atoms with Crippen molar-refractivity contribution in [3.63, 3.8) is 0 Å². The summed E-state index contributed by atoms with van der Waals surface area (Å²) in [5.74, 6) is -6.22. The molecule has 13 heteroatoms. The van der Waals surface area contributed by atoms with Crippen molar-refractivity contribution in [2.45, 2.75) is 12.1 Å². The highest BCUT2D eigenvalue weighted by atomic mass is 35.5. The molecule has 200 valence electrons. The van der Waals surface area contributed by atoms with Crippen LogP contribution in [0, 0.1) is 0 Å². The smallest absolute Gasteiger partial charge is 0.417 e. The van der Waals surface area contributed by atoms with Crippen molar-refractivity contribution in [3.05, 3.63) is 87.9 Å². The van der Waals surface area contributed by atoms with Crippen LogP contribution in [0.2, 0.25) is 5.02 Å². The largest absolute Gasteiger partial charge is 0.478 e. The number of carbonyl (C=O) groups excluding carboxylic acids is 2. The molecule has 5 rings (SSSR count). The van der Waals surface area contributed by atoms with Gasteiger partial charge in [-0.1, -0.05) is 29.8 Å². The molecule has 0 saturated carbocycles. The minimum atomic E-state index is -4.93. The lowest BCUT2D eigenvalue weighted by Crippen LogP contribution is -2.58. The van der Waals surface area contributed by atoms with Gasteiger partial charge in [-0.2, -0.15) is 23.0 Å². The van der Waals surface area contributed by atoms with Crippen LogP contribution in [0.1, 0.15) is 36.6 Å². The average Bonchev–Trinajstić information content (AvgIpc) is 3.24. The van der Waals surface area contributed by atoms with Crippen molar-refractivity contribution in [1.82, 2.24) is 14.7 Å². The second-order valence-corrected chi connectivity index (χ2v) is 9.26. The van der Waals surface area contributed by atoms with Crippen LogP contribution in [0.25, 0.3) is 22.2 Å². The number of amides is 1. The number of hydrogen-bond acceptors (Lipinski definition) is 4. The SMILES string of the molecule is O=C(O)c1ccc(-c2nn(C(=O)c3c(Cl)cccc3C(F)(F)F)c3cc(C(=O)N4CC(F)(F)C4)ccc23)cc1. The lowest BCUT2D eigenvalue weighted by atomic mass is 10.0. The number of carbonyl (C=O) groups is 3. The molecule has 3 aromatic carbocycles. The summed E-state index contributed by atoms with van der Waals surface area (Å²) in [4.78, 5) is 38.5. The minimum absolute atomic E-state index is 0.0383. The Morgan fingerprint density at radius 2 is 1.56 bits per heavy atom. The number of nitrogens with zero attached hydrogens (tertiary/aromatic N) is 3. The molecule has 1 aliphatic heterocycles. The summed E-state index contributed by atoms with van der Waals surface area (Å²) >= 11 is 6.03. The second-order valence-electron chi connectivity index (χ2n) is 8.86. The fourth-order valence-corrected chi connectivity index (χ4v) is 4.56. The molecule has 0 unspecified atom stereocenters. The zero-order valence-corrected chi connectivity index (χ0v) is 20.2. The Bertz CT molecular complexity index is 1660. The first-order valence-electron chi connectivity index (χ1n) is 11.2. The zero-order chi connectivity index (χ0) is 28.3. The van der Waals surface area contributed by atoms with Gasteiger partial charge in [-0.05, 0) is 42.5 Å². The van der Waals surface area contributed by atoms with Gasteiger partial charge in [0.25, 0.3) is 17.7 Å². The fourth-order valence-electron chi connectivity index (χ4n) is 4.31. The van der Waals surface area contributed by atoms with Gasteiger partial charge >= 0.3 is 12.1 Å². The minimum Gasteiger partial charge on any atom is -0.478 e. The summed E-state index contributed by atoms with van der Waals surface area (Å²) in [6.45, 7) is -1.59. The van der Waals surface area contributed by atoms with Crippen LogP contribution in [0.3, 0.4) is 0 Å². The number of rotatable bonds is 4. The van der Waals surface area contributed by atoms with Crippen LogP contribution in [0.5, 0.6) is 0 Å². The van der Waals surface area contributed by atoms with Gasteiger partial charge in [0.15, 0.2) is 0 Å². The van der Waals surface area contributed by atoms with Crippen molar-refractivity contribution >= 4 is 40.3 Å². The van der Waals surface area contributed by atoms with Gasteiger partial charge in [0.2, 0.25) is 0 Å².